The molecule has 1 unspecified atom stereocenters. The Kier molecular flexibility index (Phi) is 4.75. The minimum atomic E-state index is -3.62. The lowest BCUT2D eigenvalue weighted by atomic mass is 10.2. The molecule has 1 aromatic carbocycles. The Labute approximate surface area is 141 Å². The van der Waals surface area contributed by atoms with Gasteiger partial charge >= 0.3 is 0 Å². The maximum Gasteiger partial charge on any atom is 0.238 e. The second kappa shape index (κ2) is 6.63. The summed E-state index contributed by atoms with van der Waals surface area (Å²) in [5.41, 5.74) is 0.746. The number of halogens is 1. The van der Waals surface area contributed by atoms with Gasteiger partial charge in [0.15, 0.2) is 0 Å². The van der Waals surface area contributed by atoms with Gasteiger partial charge in [0.05, 0.1) is 0 Å². The molecule has 0 spiro atoms. The summed E-state index contributed by atoms with van der Waals surface area (Å²) in [6.07, 6.45) is 4.78. The summed E-state index contributed by atoms with van der Waals surface area (Å²) >= 11 is 5.81. The number of carbonyl (C=O) groups excluding carboxylic acids is 1. The van der Waals surface area contributed by atoms with Gasteiger partial charge < -0.3 is 5.32 Å². The Morgan fingerprint density at radius 2 is 1.91 bits per heavy atom. The van der Waals surface area contributed by atoms with Crippen LogP contribution in [-0.4, -0.2) is 37.3 Å². The summed E-state index contributed by atoms with van der Waals surface area (Å²) in [5, 5.41) is 4.66. The summed E-state index contributed by atoms with van der Waals surface area (Å²) in [7, 11) is -3.62. The number of nitrogens with one attached hydrogen (secondary N) is 1. The van der Waals surface area contributed by atoms with E-state index in [1.807, 2.05) is 0 Å². The van der Waals surface area contributed by atoms with Crippen molar-refractivity contribution in [3.63, 3.8) is 0 Å². The SMILES string of the molecule is O=C(NC1CC1)C1CCCN1S(=O)(=O)C=Cc1ccc(Cl)cc1. The molecule has 5 nitrogen and oxygen atoms in total. The Bertz CT molecular complexity index is 711. The molecule has 1 aliphatic carbocycles. The molecule has 1 amide bonds. The zero-order chi connectivity index (χ0) is 16.4. The van der Waals surface area contributed by atoms with E-state index in [0.717, 1.165) is 18.4 Å². The molecule has 1 atom stereocenters. The van der Waals surface area contributed by atoms with E-state index in [1.165, 1.54) is 15.8 Å². The zero-order valence-corrected chi connectivity index (χ0v) is 14.2. The van der Waals surface area contributed by atoms with Crippen LogP contribution in [0.2, 0.25) is 5.02 Å². The van der Waals surface area contributed by atoms with Crippen molar-refractivity contribution in [3.05, 3.63) is 40.3 Å². The van der Waals surface area contributed by atoms with Crippen LogP contribution in [0.15, 0.2) is 29.7 Å². The van der Waals surface area contributed by atoms with E-state index in [2.05, 4.69) is 5.32 Å². The first-order chi connectivity index (χ1) is 11.0. The molecule has 1 saturated heterocycles. The molecule has 3 rings (SSSR count). The monoisotopic (exact) mass is 354 g/mol. The second-order valence-corrected chi connectivity index (χ2v) is 8.16. The third-order valence-corrected chi connectivity index (χ3v) is 5.88. The van der Waals surface area contributed by atoms with Gasteiger partial charge in [-0.15, -0.1) is 0 Å². The predicted octanol–water partition coefficient (Wildman–Crippen LogP) is 2.38. The Balaban J connectivity index is 1.72. The van der Waals surface area contributed by atoms with E-state index < -0.39 is 16.1 Å². The van der Waals surface area contributed by atoms with Crippen molar-refractivity contribution in [1.29, 1.82) is 0 Å². The van der Waals surface area contributed by atoms with Crippen LogP contribution in [0.5, 0.6) is 0 Å². The van der Waals surface area contributed by atoms with Crippen molar-refractivity contribution in [2.45, 2.75) is 37.8 Å². The summed E-state index contributed by atoms with van der Waals surface area (Å²) in [4.78, 5) is 12.2. The predicted molar refractivity (Wildman–Crippen MR) is 90.3 cm³/mol. The maximum atomic E-state index is 12.5. The molecule has 0 radical (unpaired) electrons. The lowest BCUT2D eigenvalue weighted by molar-refractivity contribution is -0.124. The van der Waals surface area contributed by atoms with Crippen LogP contribution in [0.25, 0.3) is 6.08 Å². The molecule has 1 aromatic rings. The fraction of sp³-hybridized carbons (Fsp3) is 0.438. The molecule has 0 bridgehead atoms. The van der Waals surface area contributed by atoms with Gasteiger partial charge in [-0.3, -0.25) is 4.79 Å². The van der Waals surface area contributed by atoms with Crippen LogP contribution in [0.4, 0.5) is 0 Å². The van der Waals surface area contributed by atoms with Gasteiger partial charge in [-0.1, -0.05) is 23.7 Å². The highest BCUT2D eigenvalue weighted by Crippen LogP contribution is 2.25. The van der Waals surface area contributed by atoms with Gasteiger partial charge in [-0.2, -0.15) is 4.31 Å². The van der Waals surface area contributed by atoms with Gasteiger partial charge in [0.2, 0.25) is 15.9 Å². The number of rotatable bonds is 5. The first-order valence-electron chi connectivity index (χ1n) is 7.71. The summed E-state index contributed by atoms with van der Waals surface area (Å²) in [6.45, 7) is 0.385. The van der Waals surface area contributed by atoms with Gasteiger partial charge in [-0.25, -0.2) is 8.42 Å². The standard InChI is InChI=1S/C16H19ClN2O3S/c17-13-5-3-12(4-6-13)9-11-23(21,22)19-10-1-2-15(19)16(20)18-14-7-8-14/h3-6,9,11,14-15H,1-2,7-8,10H2,(H,18,20). The number of nitrogens with zero attached hydrogens (tertiary/aromatic N) is 1. The van der Waals surface area contributed by atoms with Gasteiger partial charge in [0.25, 0.3) is 0 Å². The van der Waals surface area contributed by atoms with E-state index >= 15 is 0 Å². The molecule has 1 N–H and O–H groups in total. The van der Waals surface area contributed by atoms with Crippen molar-refractivity contribution in [2.75, 3.05) is 6.54 Å². The third-order valence-electron chi connectivity index (χ3n) is 4.06. The largest absolute Gasteiger partial charge is 0.352 e. The first kappa shape index (κ1) is 16.5. The van der Waals surface area contributed by atoms with Crippen LogP contribution in [-0.2, 0) is 14.8 Å². The quantitative estimate of drug-likeness (QED) is 0.882. The topological polar surface area (TPSA) is 66.5 Å². The molecule has 2 aliphatic rings. The van der Waals surface area contributed by atoms with Crippen LogP contribution in [0, 0.1) is 0 Å². The number of hydrogen-bond acceptors (Lipinski definition) is 3. The molecule has 7 heteroatoms. The van der Waals surface area contributed by atoms with Crippen LogP contribution in [0.3, 0.4) is 0 Å². The number of benzene rings is 1. The molecule has 1 aliphatic heterocycles. The lowest BCUT2D eigenvalue weighted by Gasteiger charge is -2.21. The third kappa shape index (κ3) is 4.13. The molecule has 2 fully saturated rings. The van der Waals surface area contributed by atoms with E-state index in [4.69, 9.17) is 11.6 Å². The number of carbonyl (C=O) groups is 1. The average Bonchev–Trinajstić information content (AvgIpc) is 3.17. The van der Waals surface area contributed by atoms with Crippen LogP contribution >= 0.6 is 11.6 Å². The van der Waals surface area contributed by atoms with E-state index in [1.54, 1.807) is 24.3 Å². The Morgan fingerprint density at radius 1 is 1.22 bits per heavy atom. The first-order valence-corrected chi connectivity index (χ1v) is 9.60. The summed E-state index contributed by atoms with van der Waals surface area (Å²) in [6, 6.07) is 6.55. The summed E-state index contributed by atoms with van der Waals surface area (Å²) in [5.74, 6) is -0.173. The molecular weight excluding hydrogens is 336 g/mol. The molecule has 23 heavy (non-hydrogen) atoms. The van der Waals surface area contributed by atoms with E-state index in [0.29, 0.717) is 24.4 Å². The van der Waals surface area contributed by atoms with Crippen molar-refractivity contribution in [1.82, 2.24) is 9.62 Å². The number of hydrogen-bond donors (Lipinski definition) is 1. The molecule has 1 saturated carbocycles. The fourth-order valence-electron chi connectivity index (χ4n) is 2.65. The maximum absolute atomic E-state index is 12.5. The fourth-order valence-corrected chi connectivity index (χ4v) is 4.20. The van der Waals surface area contributed by atoms with Crippen molar-refractivity contribution < 1.29 is 13.2 Å². The minimum absolute atomic E-state index is 0.173. The Morgan fingerprint density at radius 3 is 2.57 bits per heavy atom. The van der Waals surface area contributed by atoms with Crippen molar-refractivity contribution in [3.8, 4) is 0 Å². The van der Waals surface area contributed by atoms with Crippen LogP contribution in [0.1, 0.15) is 31.2 Å². The van der Waals surface area contributed by atoms with Gasteiger partial charge in [-0.05, 0) is 49.5 Å². The van der Waals surface area contributed by atoms with Crippen LogP contribution < -0.4 is 5.32 Å². The molecule has 124 valence electrons. The molecule has 1 heterocycles. The lowest BCUT2D eigenvalue weighted by Crippen LogP contribution is -2.45. The second-order valence-electron chi connectivity index (χ2n) is 5.95. The highest BCUT2D eigenvalue weighted by atomic mass is 35.5. The summed E-state index contributed by atoms with van der Waals surface area (Å²) < 4.78 is 26.3. The Hall–Kier alpha value is -1.37. The number of sulfonamides is 1. The van der Waals surface area contributed by atoms with Gasteiger partial charge in [0.1, 0.15) is 6.04 Å². The van der Waals surface area contributed by atoms with Gasteiger partial charge in [0, 0.05) is 23.0 Å². The number of amides is 1. The molecule has 0 aromatic heterocycles. The highest BCUT2D eigenvalue weighted by molar-refractivity contribution is 7.92. The minimum Gasteiger partial charge on any atom is -0.352 e. The average molecular weight is 355 g/mol. The van der Waals surface area contributed by atoms with Crippen molar-refractivity contribution >= 4 is 33.6 Å². The zero-order valence-electron chi connectivity index (χ0n) is 12.6. The highest BCUT2D eigenvalue weighted by Gasteiger charge is 2.39. The van der Waals surface area contributed by atoms with E-state index in [9.17, 15) is 13.2 Å². The van der Waals surface area contributed by atoms with Crippen molar-refractivity contribution in [2.24, 2.45) is 0 Å². The molecular formula is C16H19ClN2O3S. The smallest absolute Gasteiger partial charge is 0.238 e. The van der Waals surface area contributed by atoms with E-state index in [-0.39, 0.29) is 11.9 Å². The normalized spacial score (nSPS) is 22.6.